The molecule has 5 aromatic rings. The van der Waals surface area contributed by atoms with Crippen LogP contribution in [0.3, 0.4) is 0 Å². The van der Waals surface area contributed by atoms with E-state index in [4.69, 9.17) is 9.47 Å². The van der Waals surface area contributed by atoms with Crippen LogP contribution in [0.25, 0.3) is 27.6 Å². The van der Waals surface area contributed by atoms with E-state index in [-0.39, 0.29) is 35.3 Å². The summed E-state index contributed by atoms with van der Waals surface area (Å²) in [6.45, 7) is 0.596. The molecule has 2 aromatic carbocycles. The Morgan fingerprint density at radius 3 is 2.78 bits per heavy atom. The fourth-order valence-electron chi connectivity index (χ4n) is 4.10. The fourth-order valence-corrected chi connectivity index (χ4v) is 4.10. The van der Waals surface area contributed by atoms with Gasteiger partial charge in [0.25, 0.3) is 5.56 Å². The van der Waals surface area contributed by atoms with Crippen molar-refractivity contribution in [3.05, 3.63) is 76.8 Å². The summed E-state index contributed by atoms with van der Waals surface area (Å²) >= 11 is 0. The van der Waals surface area contributed by atoms with Gasteiger partial charge in [0.15, 0.2) is 17.1 Å². The van der Waals surface area contributed by atoms with Crippen molar-refractivity contribution in [3.63, 3.8) is 0 Å². The number of aromatic nitrogens is 5. The predicted octanol–water partition coefficient (Wildman–Crippen LogP) is 3.93. The molecule has 0 saturated heterocycles. The van der Waals surface area contributed by atoms with Gasteiger partial charge in [-0.05, 0) is 30.3 Å². The number of hydrogen-bond acceptors (Lipinski definition) is 7. The number of hydrogen-bond donors (Lipinski definition) is 2. The third-order valence-electron chi connectivity index (χ3n) is 5.80. The number of pyridine rings is 1. The summed E-state index contributed by atoms with van der Waals surface area (Å²) in [5.74, 6) is 1.44. The number of alkyl halides is 3. The first-order chi connectivity index (χ1) is 17.4. The van der Waals surface area contributed by atoms with Gasteiger partial charge in [-0.15, -0.1) is 0 Å². The van der Waals surface area contributed by atoms with E-state index in [9.17, 15) is 18.0 Å². The van der Waals surface area contributed by atoms with Crippen molar-refractivity contribution in [1.82, 2.24) is 24.7 Å². The number of nitrogens with zero attached hydrogens (tertiary/aromatic N) is 4. The Morgan fingerprint density at radius 1 is 1.11 bits per heavy atom. The van der Waals surface area contributed by atoms with Crippen molar-refractivity contribution in [2.75, 3.05) is 18.5 Å². The van der Waals surface area contributed by atoms with Gasteiger partial charge in [0.2, 0.25) is 5.95 Å². The van der Waals surface area contributed by atoms with Crippen LogP contribution in [-0.2, 0) is 6.18 Å². The van der Waals surface area contributed by atoms with Crippen LogP contribution in [0.5, 0.6) is 11.5 Å². The monoisotopic (exact) mass is 494 g/mol. The van der Waals surface area contributed by atoms with E-state index in [0.29, 0.717) is 29.0 Å². The maximum absolute atomic E-state index is 13.4. The van der Waals surface area contributed by atoms with Crippen molar-refractivity contribution in [3.8, 4) is 17.2 Å². The van der Waals surface area contributed by atoms with Crippen LogP contribution >= 0.6 is 0 Å². The minimum atomic E-state index is -4.57. The van der Waals surface area contributed by atoms with Gasteiger partial charge in [0, 0.05) is 12.4 Å². The summed E-state index contributed by atoms with van der Waals surface area (Å²) in [7, 11) is 0. The van der Waals surface area contributed by atoms with Crippen LogP contribution in [0.4, 0.5) is 19.1 Å². The Hall–Kier alpha value is -4.61. The van der Waals surface area contributed by atoms with E-state index in [1.54, 1.807) is 6.07 Å². The van der Waals surface area contributed by atoms with Crippen molar-refractivity contribution in [2.45, 2.75) is 12.3 Å². The van der Waals surface area contributed by atoms with E-state index < -0.39 is 17.3 Å². The summed E-state index contributed by atoms with van der Waals surface area (Å²) in [4.78, 5) is 22.1. The zero-order valence-corrected chi connectivity index (χ0v) is 18.4. The lowest BCUT2D eigenvalue weighted by atomic mass is 10.1. The van der Waals surface area contributed by atoms with Gasteiger partial charge in [-0.2, -0.15) is 23.3 Å². The minimum absolute atomic E-state index is 0.0215. The van der Waals surface area contributed by atoms with Crippen LogP contribution in [0.15, 0.2) is 65.7 Å². The molecule has 0 aliphatic carbocycles. The number of rotatable bonds is 4. The largest absolute Gasteiger partial charge is 0.486 e. The van der Waals surface area contributed by atoms with E-state index in [1.165, 1.54) is 24.5 Å². The summed E-state index contributed by atoms with van der Waals surface area (Å²) in [5, 5.41) is 10.4. The molecule has 36 heavy (non-hydrogen) atoms. The number of para-hydroxylation sites is 2. The van der Waals surface area contributed by atoms with Gasteiger partial charge in [0.1, 0.15) is 18.2 Å². The number of benzene rings is 2. The van der Waals surface area contributed by atoms with Gasteiger partial charge >= 0.3 is 6.18 Å². The Bertz CT molecular complexity index is 1660. The molecule has 1 aliphatic rings. The summed E-state index contributed by atoms with van der Waals surface area (Å²) in [6, 6.07) is 11.8. The van der Waals surface area contributed by atoms with E-state index in [0.717, 1.165) is 16.7 Å². The quantitative estimate of drug-likeness (QED) is 0.390. The molecule has 1 atom stereocenters. The molecule has 3 aromatic heterocycles. The van der Waals surface area contributed by atoms with Crippen molar-refractivity contribution >= 4 is 27.9 Å². The molecular formula is C24H17F3N6O3. The summed E-state index contributed by atoms with van der Waals surface area (Å²) < 4.78 is 52.9. The third kappa shape index (κ3) is 3.76. The van der Waals surface area contributed by atoms with Gasteiger partial charge in [-0.3, -0.25) is 14.5 Å². The Kier molecular flexibility index (Phi) is 5.02. The van der Waals surface area contributed by atoms with Gasteiger partial charge < -0.3 is 14.8 Å². The van der Waals surface area contributed by atoms with Gasteiger partial charge in [-0.25, -0.2) is 4.98 Å². The molecule has 4 heterocycles. The zero-order valence-electron chi connectivity index (χ0n) is 18.4. The fraction of sp³-hybridized carbons (Fsp3) is 0.167. The SMILES string of the molecule is O=c1c2c[nH]nc2c2cnc(NC[C@H]3COc4ccccc4O3)nc2n1-c1cccc(C(F)(F)F)c1. The Labute approximate surface area is 200 Å². The molecule has 1 aliphatic heterocycles. The zero-order chi connectivity index (χ0) is 24.9. The highest BCUT2D eigenvalue weighted by Crippen LogP contribution is 2.32. The van der Waals surface area contributed by atoms with Crippen LogP contribution in [0.2, 0.25) is 0 Å². The first kappa shape index (κ1) is 21.9. The number of aromatic amines is 1. The molecule has 9 nitrogen and oxygen atoms in total. The number of ether oxygens (including phenoxy) is 2. The summed E-state index contributed by atoms with van der Waals surface area (Å²) in [5.41, 5.74) is -0.980. The number of halogens is 3. The number of fused-ring (bicyclic) bond motifs is 4. The van der Waals surface area contributed by atoms with Crippen LogP contribution in [0, 0.1) is 0 Å². The molecule has 0 radical (unpaired) electrons. The lowest BCUT2D eigenvalue weighted by molar-refractivity contribution is -0.137. The molecule has 182 valence electrons. The number of anilines is 1. The second-order valence-electron chi connectivity index (χ2n) is 8.15. The van der Waals surface area contributed by atoms with E-state index >= 15 is 0 Å². The summed E-state index contributed by atoms with van der Waals surface area (Å²) in [6.07, 6.45) is -2.03. The normalized spacial score (nSPS) is 15.4. The molecule has 0 amide bonds. The molecular weight excluding hydrogens is 477 g/mol. The van der Waals surface area contributed by atoms with Crippen LogP contribution in [0.1, 0.15) is 5.56 Å². The molecule has 6 rings (SSSR count). The molecule has 0 unspecified atom stereocenters. The van der Waals surface area contributed by atoms with E-state index in [2.05, 4.69) is 25.5 Å². The first-order valence-corrected chi connectivity index (χ1v) is 10.9. The van der Waals surface area contributed by atoms with Crippen molar-refractivity contribution in [2.24, 2.45) is 0 Å². The highest BCUT2D eigenvalue weighted by molar-refractivity contribution is 6.02. The van der Waals surface area contributed by atoms with E-state index in [1.807, 2.05) is 18.2 Å². The van der Waals surface area contributed by atoms with Gasteiger partial charge in [0.05, 0.1) is 28.6 Å². The van der Waals surface area contributed by atoms with Crippen molar-refractivity contribution in [1.29, 1.82) is 0 Å². The average molecular weight is 494 g/mol. The van der Waals surface area contributed by atoms with Gasteiger partial charge in [-0.1, -0.05) is 18.2 Å². The van der Waals surface area contributed by atoms with Crippen LogP contribution in [-0.4, -0.2) is 44.0 Å². The first-order valence-electron chi connectivity index (χ1n) is 10.9. The molecule has 0 fully saturated rings. The molecule has 0 spiro atoms. The Balaban J connectivity index is 1.40. The average Bonchev–Trinajstić information content (AvgIpc) is 3.38. The molecule has 0 bridgehead atoms. The molecule has 0 saturated carbocycles. The maximum Gasteiger partial charge on any atom is 0.416 e. The number of H-pyrrole nitrogens is 1. The topological polar surface area (TPSA) is 107 Å². The second-order valence-corrected chi connectivity index (χ2v) is 8.15. The smallest absolute Gasteiger partial charge is 0.416 e. The molecule has 2 N–H and O–H groups in total. The predicted molar refractivity (Wildman–Crippen MR) is 125 cm³/mol. The standard InChI is InChI=1S/C24H17F3N6O3/c25-24(26,27)13-4-3-5-14(8-13)33-21-16(20-17(22(33)34)11-30-32-20)10-29-23(31-21)28-9-15-12-35-18-6-1-2-7-19(18)36-15/h1-8,10-11,15H,9,12H2,(H,30,32)(H,28,29,31)/t15-/m0/s1. The lowest BCUT2D eigenvalue weighted by Gasteiger charge is -2.26. The van der Waals surface area contributed by atoms with Crippen molar-refractivity contribution < 1.29 is 22.6 Å². The lowest BCUT2D eigenvalue weighted by Crippen LogP contribution is -2.35. The third-order valence-corrected chi connectivity index (χ3v) is 5.80. The highest BCUT2D eigenvalue weighted by atomic mass is 19.4. The maximum atomic E-state index is 13.4. The number of nitrogens with one attached hydrogen (secondary N) is 2. The second kappa shape index (κ2) is 8.26. The molecule has 12 heteroatoms. The highest BCUT2D eigenvalue weighted by Gasteiger charge is 2.31. The van der Waals surface area contributed by atoms with Crippen LogP contribution < -0.4 is 20.3 Å². The minimum Gasteiger partial charge on any atom is -0.486 e. The Morgan fingerprint density at radius 2 is 1.94 bits per heavy atom.